The highest BCUT2D eigenvalue weighted by molar-refractivity contribution is 5.20. The summed E-state index contributed by atoms with van der Waals surface area (Å²) in [7, 11) is 0. The molecule has 1 aromatic rings. The average Bonchev–Trinajstić information content (AvgIpc) is 2.84. The van der Waals surface area contributed by atoms with Crippen molar-refractivity contribution in [3.63, 3.8) is 0 Å². The summed E-state index contributed by atoms with van der Waals surface area (Å²) >= 11 is 0. The highest BCUT2D eigenvalue weighted by Gasteiger charge is 2.33. The number of hydrogen-bond acceptors (Lipinski definition) is 4. The second kappa shape index (κ2) is 6.06. The Morgan fingerprint density at radius 1 is 1.40 bits per heavy atom. The summed E-state index contributed by atoms with van der Waals surface area (Å²) in [5.41, 5.74) is 1.39. The van der Waals surface area contributed by atoms with Gasteiger partial charge in [0.15, 0.2) is 0 Å². The number of nitrogens with zero attached hydrogens (tertiary/aromatic N) is 1. The van der Waals surface area contributed by atoms with E-state index in [4.69, 9.17) is 0 Å². The van der Waals surface area contributed by atoms with Gasteiger partial charge in [0.2, 0.25) is 0 Å². The third-order valence-electron chi connectivity index (χ3n) is 4.48. The quantitative estimate of drug-likeness (QED) is 0.765. The fourth-order valence-electron chi connectivity index (χ4n) is 3.23. The molecule has 1 aliphatic carbocycles. The van der Waals surface area contributed by atoms with Gasteiger partial charge in [0.05, 0.1) is 5.56 Å². The molecule has 1 unspecified atom stereocenters. The largest absolute Gasteiger partial charge is 0.396 e. The third-order valence-corrected chi connectivity index (χ3v) is 4.48. The van der Waals surface area contributed by atoms with Crippen molar-refractivity contribution in [3.8, 4) is 0 Å². The maximum atomic E-state index is 12.1. The van der Waals surface area contributed by atoms with E-state index in [2.05, 4.69) is 15.3 Å². The number of aliphatic hydroxyl groups is 1. The van der Waals surface area contributed by atoms with Gasteiger partial charge in [0, 0.05) is 30.3 Å². The Labute approximate surface area is 119 Å². The molecule has 5 nitrogen and oxygen atoms in total. The smallest absolute Gasteiger partial charge is 0.255 e. The lowest BCUT2D eigenvalue weighted by molar-refractivity contribution is 0.125. The van der Waals surface area contributed by atoms with E-state index in [-0.39, 0.29) is 23.6 Å². The SMILES string of the molecule is Cc1nc(C)c(C(C)NCC2(CO)CCCC2)c(=O)[nH]1. The van der Waals surface area contributed by atoms with Crippen LogP contribution in [0.1, 0.15) is 55.7 Å². The number of nitrogens with one attached hydrogen (secondary N) is 2. The van der Waals surface area contributed by atoms with Crippen LogP contribution in [-0.4, -0.2) is 28.2 Å². The molecule has 0 aromatic carbocycles. The van der Waals surface area contributed by atoms with Crippen molar-refractivity contribution in [2.75, 3.05) is 13.2 Å². The molecule has 1 heterocycles. The van der Waals surface area contributed by atoms with Crippen LogP contribution in [0.5, 0.6) is 0 Å². The number of aryl methyl sites for hydroxylation is 2. The first-order valence-corrected chi connectivity index (χ1v) is 7.39. The first-order chi connectivity index (χ1) is 9.47. The molecule has 5 heteroatoms. The van der Waals surface area contributed by atoms with Gasteiger partial charge >= 0.3 is 0 Å². The Kier molecular flexibility index (Phi) is 4.60. The van der Waals surface area contributed by atoms with E-state index in [9.17, 15) is 9.90 Å². The molecule has 112 valence electrons. The Morgan fingerprint density at radius 2 is 2.05 bits per heavy atom. The zero-order valence-electron chi connectivity index (χ0n) is 12.6. The molecular formula is C15H25N3O2. The topological polar surface area (TPSA) is 78.0 Å². The Balaban J connectivity index is 2.09. The number of rotatable bonds is 5. The molecule has 1 aromatic heterocycles. The summed E-state index contributed by atoms with van der Waals surface area (Å²) in [6.07, 6.45) is 4.49. The predicted molar refractivity (Wildman–Crippen MR) is 78.7 cm³/mol. The lowest BCUT2D eigenvalue weighted by Gasteiger charge is -2.29. The molecule has 0 amide bonds. The van der Waals surface area contributed by atoms with Crippen molar-refractivity contribution in [1.29, 1.82) is 0 Å². The first kappa shape index (κ1) is 15.2. The summed E-state index contributed by atoms with van der Waals surface area (Å²) in [6.45, 7) is 6.60. The van der Waals surface area contributed by atoms with Crippen molar-refractivity contribution in [2.45, 2.75) is 52.5 Å². The van der Waals surface area contributed by atoms with Gasteiger partial charge in [-0.25, -0.2) is 4.98 Å². The molecule has 0 bridgehead atoms. The van der Waals surface area contributed by atoms with Crippen molar-refractivity contribution in [1.82, 2.24) is 15.3 Å². The van der Waals surface area contributed by atoms with E-state index in [0.29, 0.717) is 11.4 Å². The molecule has 1 aliphatic rings. The van der Waals surface area contributed by atoms with Gasteiger partial charge in [-0.05, 0) is 33.6 Å². The van der Waals surface area contributed by atoms with Crippen molar-refractivity contribution in [2.24, 2.45) is 5.41 Å². The van der Waals surface area contributed by atoms with E-state index >= 15 is 0 Å². The second-order valence-electron chi connectivity index (χ2n) is 6.12. The molecule has 0 aliphatic heterocycles. The van der Waals surface area contributed by atoms with E-state index < -0.39 is 0 Å². The summed E-state index contributed by atoms with van der Waals surface area (Å²) in [6, 6.07) is -0.0594. The van der Waals surface area contributed by atoms with Crippen LogP contribution < -0.4 is 10.9 Å². The number of aliphatic hydroxyl groups excluding tert-OH is 1. The molecule has 0 spiro atoms. The Hall–Kier alpha value is -1.20. The maximum Gasteiger partial charge on any atom is 0.255 e. The van der Waals surface area contributed by atoms with Gasteiger partial charge < -0.3 is 15.4 Å². The molecule has 0 radical (unpaired) electrons. The van der Waals surface area contributed by atoms with Gasteiger partial charge in [-0.3, -0.25) is 4.79 Å². The second-order valence-corrected chi connectivity index (χ2v) is 6.12. The van der Waals surface area contributed by atoms with E-state index in [1.807, 2.05) is 13.8 Å². The standard InChI is InChI=1S/C15H25N3O2/c1-10(13-11(2)17-12(3)18-14(13)20)16-8-15(9-19)6-4-5-7-15/h10,16,19H,4-9H2,1-3H3,(H,17,18,20). The summed E-state index contributed by atoms with van der Waals surface area (Å²) in [5.74, 6) is 0.645. The zero-order chi connectivity index (χ0) is 14.8. The van der Waals surface area contributed by atoms with Gasteiger partial charge in [0.25, 0.3) is 5.56 Å². The minimum Gasteiger partial charge on any atom is -0.396 e. The van der Waals surface area contributed by atoms with Gasteiger partial charge in [-0.1, -0.05) is 12.8 Å². The molecule has 0 saturated heterocycles. The minimum absolute atomic E-state index is 0.00689. The summed E-state index contributed by atoms with van der Waals surface area (Å²) in [4.78, 5) is 19.1. The third kappa shape index (κ3) is 3.10. The van der Waals surface area contributed by atoms with Crippen LogP contribution in [-0.2, 0) is 0 Å². The Bertz CT molecular complexity index is 518. The van der Waals surface area contributed by atoms with Gasteiger partial charge in [-0.15, -0.1) is 0 Å². The minimum atomic E-state index is -0.0699. The van der Waals surface area contributed by atoms with Crippen LogP contribution >= 0.6 is 0 Å². The zero-order valence-corrected chi connectivity index (χ0v) is 12.6. The summed E-state index contributed by atoms with van der Waals surface area (Å²) in [5, 5.41) is 13.0. The van der Waals surface area contributed by atoms with Crippen LogP contribution in [0.4, 0.5) is 0 Å². The van der Waals surface area contributed by atoms with Crippen LogP contribution in [0.15, 0.2) is 4.79 Å². The molecule has 1 atom stereocenters. The average molecular weight is 279 g/mol. The van der Waals surface area contributed by atoms with Crippen molar-refractivity contribution in [3.05, 3.63) is 27.4 Å². The molecule has 20 heavy (non-hydrogen) atoms. The normalized spacial score (nSPS) is 19.2. The number of aromatic amines is 1. The molecule has 3 N–H and O–H groups in total. The van der Waals surface area contributed by atoms with Crippen LogP contribution in [0, 0.1) is 19.3 Å². The van der Waals surface area contributed by atoms with Gasteiger partial charge in [-0.2, -0.15) is 0 Å². The molecule has 2 rings (SSSR count). The van der Waals surface area contributed by atoms with Crippen molar-refractivity contribution >= 4 is 0 Å². The maximum absolute atomic E-state index is 12.1. The molecule has 1 saturated carbocycles. The van der Waals surface area contributed by atoms with Crippen LogP contribution in [0.2, 0.25) is 0 Å². The lowest BCUT2D eigenvalue weighted by Crippen LogP contribution is -2.38. The number of H-pyrrole nitrogens is 1. The van der Waals surface area contributed by atoms with Crippen LogP contribution in [0.3, 0.4) is 0 Å². The predicted octanol–water partition coefficient (Wildman–Crippen LogP) is 1.59. The number of hydrogen-bond donors (Lipinski definition) is 3. The van der Waals surface area contributed by atoms with Crippen molar-refractivity contribution < 1.29 is 5.11 Å². The molecule has 1 fully saturated rings. The van der Waals surface area contributed by atoms with E-state index in [1.165, 1.54) is 12.8 Å². The monoisotopic (exact) mass is 279 g/mol. The van der Waals surface area contributed by atoms with E-state index in [1.54, 1.807) is 6.92 Å². The number of aromatic nitrogens is 2. The first-order valence-electron chi connectivity index (χ1n) is 7.39. The fourth-order valence-corrected chi connectivity index (χ4v) is 3.23. The Morgan fingerprint density at radius 3 is 2.60 bits per heavy atom. The lowest BCUT2D eigenvalue weighted by atomic mass is 9.87. The van der Waals surface area contributed by atoms with Gasteiger partial charge in [0.1, 0.15) is 5.82 Å². The molecular weight excluding hydrogens is 254 g/mol. The summed E-state index contributed by atoms with van der Waals surface area (Å²) < 4.78 is 0. The fraction of sp³-hybridized carbons (Fsp3) is 0.733. The van der Waals surface area contributed by atoms with Crippen LogP contribution in [0.25, 0.3) is 0 Å². The highest BCUT2D eigenvalue weighted by atomic mass is 16.3. The van der Waals surface area contributed by atoms with E-state index in [0.717, 1.165) is 25.1 Å². The highest BCUT2D eigenvalue weighted by Crippen LogP contribution is 2.37.